The molecule has 0 bridgehead atoms. The minimum Gasteiger partial charge on any atom is -0.297 e. The molecule has 0 spiro atoms. The maximum absolute atomic E-state index is 13.6. The number of halogens is 1. The van der Waals surface area contributed by atoms with E-state index in [4.69, 9.17) is 0 Å². The number of likely N-dealkylation sites (tertiary alicyclic amines) is 1. The van der Waals surface area contributed by atoms with E-state index in [9.17, 15) is 14.0 Å². The lowest BCUT2D eigenvalue weighted by Gasteiger charge is -2.36. The maximum Gasteiger partial charge on any atom is 0.328 e. The highest BCUT2D eigenvalue weighted by atomic mass is 19.1. The van der Waals surface area contributed by atoms with Gasteiger partial charge in [0.2, 0.25) is 5.91 Å². The second kappa shape index (κ2) is 8.94. The Labute approximate surface area is 192 Å². The molecule has 1 atom stereocenters. The number of piperidine rings is 1. The fraction of sp³-hybridized carbons (Fsp3) is 0.400. The van der Waals surface area contributed by atoms with Gasteiger partial charge in [-0.2, -0.15) is 5.10 Å². The van der Waals surface area contributed by atoms with E-state index in [1.54, 1.807) is 27.7 Å². The molecule has 1 aromatic carbocycles. The van der Waals surface area contributed by atoms with E-state index in [1.165, 1.54) is 11.6 Å². The average molecular weight is 450 g/mol. The van der Waals surface area contributed by atoms with Crippen molar-refractivity contribution in [2.24, 2.45) is 5.92 Å². The van der Waals surface area contributed by atoms with E-state index >= 15 is 0 Å². The average Bonchev–Trinajstić information content (AvgIpc) is 3.22. The van der Waals surface area contributed by atoms with Gasteiger partial charge in [0.25, 0.3) is 0 Å². The van der Waals surface area contributed by atoms with E-state index in [2.05, 4.69) is 34.4 Å². The molecule has 8 heteroatoms. The van der Waals surface area contributed by atoms with Gasteiger partial charge in [-0.05, 0) is 80.6 Å². The van der Waals surface area contributed by atoms with Crippen LogP contribution in [0.15, 0.2) is 48.8 Å². The molecule has 7 nitrogen and oxygen atoms in total. The number of urea groups is 1. The Hall–Kier alpha value is -3.26. The summed E-state index contributed by atoms with van der Waals surface area (Å²) in [5, 5.41) is 6.75. The van der Waals surface area contributed by atoms with Gasteiger partial charge in [0.05, 0.1) is 17.4 Å². The number of anilines is 1. The molecule has 1 N–H and O–H groups in total. The summed E-state index contributed by atoms with van der Waals surface area (Å²) >= 11 is 0. The van der Waals surface area contributed by atoms with Crippen LogP contribution in [0.5, 0.6) is 0 Å². The van der Waals surface area contributed by atoms with Crippen LogP contribution in [0.3, 0.4) is 0 Å². The Morgan fingerprint density at radius 2 is 1.97 bits per heavy atom. The van der Waals surface area contributed by atoms with Crippen LogP contribution in [0.4, 0.5) is 14.9 Å². The quantitative estimate of drug-likeness (QED) is 0.641. The van der Waals surface area contributed by atoms with Gasteiger partial charge in [0.1, 0.15) is 5.82 Å². The van der Waals surface area contributed by atoms with Crippen molar-refractivity contribution < 1.29 is 14.0 Å². The molecule has 2 aliphatic heterocycles. The van der Waals surface area contributed by atoms with Gasteiger partial charge in [-0.25, -0.2) is 13.7 Å². The second-order valence-electron chi connectivity index (χ2n) is 9.06. The van der Waals surface area contributed by atoms with Gasteiger partial charge in [-0.3, -0.25) is 19.9 Å². The highest BCUT2D eigenvalue weighted by molar-refractivity contribution is 6.07. The number of carbonyl (C=O) groups is 2. The molecule has 2 fully saturated rings. The van der Waals surface area contributed by atoms with Crippen LogP contribution in [-0.4, -0.2) is 46.1 Å². The highest BCUT2D eigenvalue weighted by Crippen LogP contribution is 2.30. The Morgan fingerprint density at radius 1 is 1.15 bits per heavy atom. The molecular weight excluding hydrogens is 421 g/mol. The molecule has 2 aromatic heterocycles. The molecule has 172 valence electrons. The van der Waals surface area contributed by atoms with E-state index in [1.807, 2.05) is 12.3 Å². The number of carbonyl (C=O) groups excluding carboxylic acids is 2. The smallest absolute Gasteiger partial charge is 0.297 e. The van der Waals surface area contributed by atoms with Crippen molar-refractivity contribution in [2.45, 2.75) is 38.6 Å². The number of amides is 3. The Morgan fingerprint density at radius 3 is 2.73 bits per heavy atom. The lowest BCUT2D eigenvalue weighted by molar-refractivity contribution is -0.120. The van der Waals surface area contributed by atoms with Gasteiger partial charge < -0.3 is 0 Å². The molecule has 5 rings (SSSR count). The summed E-state index contributed by atoms with van der Waals surface area (Å²) in [5.74, 6) is 0.148. The predicted molar refractivity (Wildman–Crippen MR) is 124 cm³/mol. The minimum absolute atomic E-state index is 0.183. The standard InChI is InChI=1S/C25H28FN5O2/c1-17(20-3-2-4-21(26)15-20)29-9-5-18(6-10-29)13-19-7-12-31-22(14-19)23(16-27-31)30-11-8-24(32)28-25(30)33/h2-4,7,12,14-18H,5-6,8-11,13H2,1H3,(H,28,32,33). The van der Waals surface area contributed by atoms with Gasteiger partial charge in [-0.15, -0.1) is 0 Å². The number of benzene rings is 1. The number of fused-ring (bicyclic) bond motifs is 1. The SMILES string of the molecule is CC(c1cccc(F)c1)N1CCC(Cc2ccn3ncc(N4CCC(=O)NC4=O)c3c2)CC1. The molecule has 0 saturated carbocycles. The lowest BCUT2D eigenvalue weighted by atomic mass is 9.89. The largest absolute Gasteiger partial charge is 0.328 e. The van der Waals surface area contributed by atoms with Crippen molar-refractivity contribution in [3.8, 4) is 0 Å². The van der Waals surface area contributed by atoms with Crippen LogP contribution in [0, 0.1) is 11.7 Å². The third-order valence-electron chi connectivity index (χ3n) is 6.96. The van der Waals surface area contributed by atoms with Crippen molar-refractivity contribution in [1.29, 1.82) is 0 Å². The number of pyridine rings is 1. The molecular formula is C25H28FN5O2. The zero-order chi connectivity index (χ0) is 22.9. The van der Waals surface area contributed by atoms with Crippen molar-refractivity contribution in [3.05, 3.63) is 65.7 Å². The van der Waals surface area contributed by atoms with Crippen LogP contribution in [0.25, 0.3) is 5.52 Å². The van der Waals surface area contributed by atoms with Gasteiger partial charge in [0, 0.05) is 25.2 Å². The normalized spacial score (nSPS) is 19.2. The fourth-order valence-electron chi connectivity index (χ4n) is 5.00. The van der Waals surface area contributed by atoms with Crippen molar-refractivity contribution in [2.75, 3.05) is 24.5 Å². The van der Waals surface area contributed by atoms with Crippen LogP contribution >= 0.6 is 0 Å². The summed E-state index contributed by atoms with van der Waals surface area (Å²) in [4.78, 5) is 27.8. The molecule has 4 heterocycles. The zero-order valence-corrected chi connectivity index (χ0v) is 18.7. The van der Waals surface area contributed by atoms with Gasteiger partial charge >= 0.3 is 6.03 Å². The molecule has 0 radical (unpaired) electrons. The number of rotatable bonds is 5. The topological polar surface area (TPSA) is 70.0 Å². The van der Waals surface area contributed by atoms with Crippen molar-refractivity contribution in [3.63, 3.8) is 0 Å². The monoisotopic (exact) mass is 449 g/mol. The third-order valence-corrected chi connectivity index (χ3v) is 6.96. The van der Waals surface area contributed by atoms with Gasteiger partial charge in [0.15, 0.2) is 0 Å². The molecule has 2 saturated heterocycles. The first-order chi connectivity index (χ1) is 16.0. The summed E-state index contributed by atoms with van der Waals surface area (Å²) in [6, 6.07) is 10.9. The first-order valence-electron chi connectivity index (χ1n) is 11.5. The highest BCUT2D eigenvalue weighted by Gasteiger charge is 2.27. The van der Waals surface area contributed by atoms with Crippen LogP contribution < -0.4 is 10.2 Å². The third kappa shape index (κ3) is 4.48. The molecule has 0 aliphatic carbocycles. The predicted octanol–water partition coefficient (Wildman–Crippen LogP) is 3.94. The number of nitrogens with zero attached hydrogens (tertiary/aromatic N) is 4. The first-order valence-corrected chi connectivity index (χ1v) is 11.5. The molecule has 33 heavy (non-hydrogen) atoms. The van der Waals surface area contributed by atoms with E-state index in [0.717, 1.165) is 49.1 Å². The van der Waals surface area contributed by atoms with Gasteiger partial charge in [-0.1, -0.05) is 12.1 Å². The molecule has 2 aliphatic rings. The first kappa shape index (κ1) is 21.6. The number of aromatic nitrogens is 2. The zero-order valence-electron chi connectivity index (χ0n) is 18.7. The maximum atomic E-state index is 13.6. The Balaban J connectivity index is 1.25. The van der Waals surface area contributed by atoms with Crippen LogP contribution in [0.2, 0.25) is 0 Å². The summed E-state index contributed by atoms with van der Waals surface area (Å²) < 4.78 is 15.4. The van der Waals surface area contributed by atoms with Crippen molar-refractivity contribution >= 4 is 23.1 Å². The summed E-state index contributed by atoms with van der Waals surface area (Å²) in [6.45, 7) is 4.49. The molecule has 3 amide bonds. The second-order valence-corrected chi connectivity index (χ2v) is 9.06. The lowest BCUT2D eigenvalue weighted by Crippen LogP contribution is -2.49. The summed E-state index contributed by atoms with van der Waals surface area (Å²) in [5.41, 5.74) is 3.83. The number of hydrogen-bond donors (Lipinski definition) is 1. The molecule has 3 aromatic rings. The van der Waals surface area contributed by atoms with E-state index in [-0.39, 0.29) is 24.2 Å². The number of nitrogens with one attached hydrogen (secondary N) is 1. The fourth-order valence-corrected chi connectivity index (χ4v) is 5.00. The number of hydrogen-bond acceptors (Lipinski definition) is 4. The summed E-state index contributed by atoms with van der Waals surface area (Å²) in [6.07, 6.45) is 7.05. The van der Waals surface area contributed by atoms with E-state index < -0.39 is 6.03 Å². The minimum atomic E-state index is -0.397. The Bertz CT molecular complexity index is 1180. The number of imide groups is 1. The Kier molecular flexibility index (Phi) is 5.85. The molecule has 1 unspecified atom stereocenters. The van der Waals surface area contributed by atoms with Crippen LogP contribution in [0.1, 0.15) is 43.4 Å². The van der Waals surface area contributed by atoms with Crippen LogP contribution in [-0.2, 0) is 11.2 Å². The van der Waals surface area contributed by atoms with Crippen molar-refractivity contribution in [1.82, 2.24) is 19.8 Å². The van der Waals surface area contributed by atoms with E-state index in [0.29, 0.717) is 12.5 Å². The summed E-state index contributed by atoms with van der Waals surface area (Å²) in [7, 11) is 0.